The summed E-state index contributed by atoms with van der Waals surface area (Å²) in [6.07, 6.45) is 1.24. The van der Waals surface area contributed by atoms with Crippen LogP contribution in [-0.2, 0) is 0 Å². The van der Waals surface area contributed by atoms with Crippen molar-refractivity contribution in [3.63, 3.8) is 0 Å². The van der Waals surface area contributed by atoms with Crippen molar-refractivity contribution in [2.24, 2.45) is 0 Å². The highest BCUT2D eigenvalue weighted by atomic mass is 32.2. The van der Waals surface area contributed by atoms with Crippen molar-refractivity contribution in [2.45, 2.75) is 45.4 Å². The maximum absolute atomic E-state index is 3.45. The lowest BCUT2D eigenvalue weighted by Gasteiger charge is -2.20. The molecule has 2 heteroatoms. The van der Waals surface area contributed by atoms with Crippen LogP contribution >= 0.6 is 11.8 Å². The third-order valence-electron chi connectivity index (χ3n) is 3.28. The van der Waals surface area contributed by atoms with E-state index in [2.05, 4.69) is 70.0 Å². The van der Waals surface area contributed by atoms with E-state index in [9.17, 15) is 0 Å². The lowest BCUT2D eigenvalue weighted by Crippen LogP contribution is -2.20. The van der Waals surface area contributed by atoms with Crippen LogP contribution in [-0.4, -0.2) is 18.1 Å². The molecule has 1 aromatic carbocycles. The molecule has 0 spiro atoms. The van der Waals surface area contributed by atoms with E-state index in [0.29, 0.717) is 6.04 Å². The van der Waals surface area contributed by atoms with Gasteiger partial charge < -0.3 is 5.32 Å². The van der Waals surface area contributed by atoms with Crippen LogP contribution in [0.4, 0.5) is 0 Å². The fourth-order valence-electron chi connectivity index (χ4n) is 1.84. The first-order valence-electron chi connectivity index (χ1n) is 6.44. The zero-order chi connectivity index (χ0) is 12.8. The van der Waals surface area contributed by atoms with Crippen LogP contribution in [0, 0.1) is 13.8 Å². The van der Waals surface area contributed by atoms with Crippen molar-refractivity contribution in [1.82, 2.24) is 5.32 Å². The Bertz CT molecular complexity index is 349. The van der Waals surface area contributed by atoms with E-state index >= 15 is 0 Å². The quantitative estimate of drug-likeness (QED) is 0.817. The first kappa shape index (κ1) is 14.6. The normalized spacial score (nSPS) is 14.6. The molecular formula is C15H25NS. The van der Waals surface area contributed by atoms with E-state index in [1.165, 1.54) is 23.1 Å². The van der Waals surface area contributed by atoms with Crippen LogP contribution in [0.1, 0.15) is 43.0 Å². The SMILES string of the molecule is CCC(C)SCC(NC)c1cc(C)ccc1C. The number of thioether (sulfide) groups is 1. The third kappa shape index (κ3) is 4.36. The molecule has 1 nitrogen and oxygen atoms in total. The maximum atomic E-state index is 3.45. The van der Waals surface area contributed by atoms with E-state index in [0.717, 1.165) is 11.0 Å². The Morgan fingerprint density at radius 2 is 2.00 bits per heavy atom. The van der Waals surface area contributed by atoms with Crippen LogP contribution in [0.3, 0.4) is 0 Å². The Labute approximate surface area is 110 Å². The molecule has 0 aliphatic heterocycles. The fraction of sp³-hybridized carbons (Fsp3) is 0.600. The Morgan fingerprint density at radius 3 is 2.59 bits per heavy atom. The molecule has 0 bridgehead atoms. The molecule has 0 saturated carbocycles. The second-order valence-corrected chi connectivity index (χ2v) is 6.22. The summed E-state index contributed by atoms with van der Waals surface area (Å²) >= 11 is 2.06. The van der Waals surface area contributed by atoms with Crippen LogP contribution < -0.4 is 5.32 Å². The summed E-state index contributed by atoms with van der Waals surface area (Å²) < 4.78 is 0. The van der Waals surface area contributed by atoms with E-state index in [1.807, 2.05) is 0 Å². The first-order valence-corrected chi connectivity index (χ1v) is 7.49. The number of aryl methyl sites for hydroxylation is 2. The number of hydrogen-bond donors (Lipinski definition) is 1. The Balaban J connectivity index is 2.75. The van der Waals surface area contributed by atoms with Gasteiger partial charge in [-0.3, -0.25) is 0 Å². The summed E-state index contributed by atoms with van der Waals surface area (Å²) in [5.41, 5.74) is 4.18. The number of benzene rings is 1. The van der Waals surface area contributed by atoms with Gasteiger partial charge in [0.1, 0.15) is 0 Å². The van der Waals surface area contributed by atoms with Crippen molar-refractivity contribution in [3.05, 3.63) is 34.9 Å². The minimum absolute atomic E-state index is 0.467. The minimum Gasteiger partial charge on any atom is -0.312 e. The van der Waals surface area contributed by atoms with Gasteiger partial charge in [-0.1, -0.05) is 37.6 Å². The van der Waals surface area contributed by atoms with Gasteiger partial charge in [0.05, 0.1) is 0 Å². The molecule has 0 aromatic heterocycles. The molecule has 0 heterocycles. The highest BCUT2D eigenvalue weighted by Gasteiger charge is 2.13. The van der Waals surface area contributed by atoms with Gasteiger partial charge in [-0.2, -0.15) is 11.8 Å². The van der Waals surface area contributed by atoms with Crippen LogP contribution in [0.15, 0.2) is 18.2 Å². The number of hydrogen-bond acceptors (Lipinski definition) is 2. The molecule has 0 amide bonds. The van der Waals surface area contributed by atoms with Gasteiger partial charge in [0.25, 0.3) is 0 Å². The zero-order valence-electron chi connectivity index (χ0n) is 11.7. The summed E-state index contributed by atoms with van der Waals surface area (Å²) in [6.45, 7) is 8.93. The average molecular weight is 251 g/mol. The van der Waals surface area contributed by atoms with Crippen LogP contribution in [0.2, 0.25) is 0 Å². The van der Waals surface area contributed by atoms with Crippen molar-refractivity contribution < 1.29 is 0 Å². The molecule has 0 fully saturated rings. The van der Waals surface area contributed by atoms with Gasteiger partial charge in [0.15, 0.2) is 0 Å². The first-order chi connectivity index (χ1) is 8.08. The average Bonchev–Trinajstić information content (AvgIpc) is 2.33. The third-order valence-corrected chi connectivity index (χ3v) is 4.71. The molecule has 0 radical (unpaired) electrons. The Morgan fingerprint density at radius 1 is 1.29 bits per heavy atom. The Kier molecular flexibility index (Phi) is 6.07. The van der Waals surface area contributed by atoms with E-state index in [4.69, 9.17) is 0 Å². The van der Waals surface area contributed by atoms with Crippen molar-refractivity contribution in [2.75, 3.05) is 12.8 Å². The second-order valence-electron chi connectivity index (χ2n) is 4.75. The molecule has 96 valence electrons. The summed E-state index contributed by atoms with van der Waals surface area (Å²) in [7, 11) is 2.06. The largest absolute Gasteiger partial charge is 0.312 e. The molecule has 17 heavy (non-hydrogen) atoms. The van der Waals surface area contributed by atoms with Gasteiger partial charge in [0.2, 0.25) is 0 Å². The molecule has 1 aromatic rings. The van der Waals surface area contributed by atoms with E-state index in [-0.39, 0.29) is 0 Å². The van der Waals surface area contributed by atoms with Gasteiger partial charge in [-0.05, 0) is 38.4 Å². The zero-order valence-corrected chi connectivity index (χ0v) is 12.5. The highest BCUT2D eigenvalue weighted by molar-refractivity contribution is 7.99. The Hall–Kier alpha value is -0.470. The molecule has 2 unspecified atom stereocenters. The summed E-state index contributed by atoms with van der Waals surface area (Å²) in [5, 5.41) is 4.19. The van der Waals surface area contributed by atoms with E-state index in [1.54, 1.807) is 0 Å². The van der Waals surface area contributed by atoms with Crippen molar-refractivity contribution in [1.29, 1.82) is 0 Å². The summed E-state index contributed by atoms with van der Waals surface area (Å²) in [4.78, 5) is 0. The minimum atomic E-state index is 0.467. The smallest absolute Gasteiger partial charge is 0.0412 e. The van der Waals surface area contributed by atoms with Gasteiger partial charge in [0, 0.05) is 17.0 Å². The highest BCUT2D eigenvalue weighted by Crippen LogP contribution is 2.25. The maximum Gasteiger partial charge on any atom is 0.0412 e. The summed E-state index contributed by atoms with van der Waals surface area (Å²) in [6, 6.07) is 7.19. The molecular weight excluding hydrogens is 226 g/mol. The van der Waals surface area contributed by atoms with Crippen molar-refractivity contribution in [3.8, 4) is 0 Å². The molecule has 0 saturated heterocycles. The number of rotatable bonds is 6. The predicted octanol–water partition coefficient (Wildman–Crippen LogP) is 4.10. The molecule has 0 aliphatic carbocycles. The van der Waals surface area contributed by atoms with Crippen LogP contribution in [0.25, 0.3) is 0 Å². The number of nitrogens with one attached hydrogen (secondary N) is 1. The van der Waals surface area contributed by atoms with Crippen LogP contribution in [0.5, 0.6) is 0 Å². The van der Waals surface area contributed by atoms with E-state index < -0.39 is 0 Å². The topological polar surface area (TPSA) is 12.0 Å². The summed E-state index contributed by atoms with van der Waals surface area (Å²) in [5.74, 6) is 1.15. The lowest BCUT2D eigenvalue weighted by atomic mass is 10.0. The monoisotopic (exact) mass is 251 g/mol. The lowest BCUT2D eigenvalue weighted by molar-refractivity contribution is 0.655. The second kappa shape index (κ2) is 7.07. The molecule has 1 rings (SSSR count). The van der Waals surface area contributed by atoms with Gasteiger partial charge in [-0.25, -0.2) is 0 Å². The molecule has 1 N–H and O–H groups in total. The molecule has 0 aliphatic rings. The molecule has 2 atom stereocenters. The standard InChI is InChI=1S/C15H25NS/c1-6-13(4)17-10-15(16-5)14-9-11(2)7-8-12(14)3/h7-9,13,15-16H,6,10H2,1-5H3. The fourth-order valence-corrected chi connectivity index (χ4v) is 2.95. The van der Waals surface area contributed by atoms with Gasteiger partial charge in [-0.15, -0.1) is 0 Å². The van der Waals surface area contributed by atoms with Crippen molar-refractivity contribution >= 4 is 11.8 Å². The predicted molar refractivity (Wildman–Crippen MR) is 79.9 cm³/mol. The van der Waals surface area contributed by atoms with Gasteiger partial charge >= 0.3 is 0 Å².